The zero-order valence-electron chi connectivity index (χ0n) is 22.0. The van der Waals surface area contributed by atoms with Gasteiger partial charge in [0.15, 0.2) is 11.5 Å². The Balaban J connectivity index is 1.86. The molecule has 4 N–H and O–H groups in total. The highest BCUT2D eigenvalue weighted by Gasteiger charge is 2.33. The zero-order chi connectivity index (χ0) is 27.2. The third-order valence-corrected chi connectivity index (χ3v) is 8.42. The maximum Gasteiger partial charge on any atom is 0.243 e. The van der Waals surface area contributed by atoms with E-state index in [-0.39, 0.29) is 42.5 Å². The molecule has 0 saturated carbocycles. The summed E-state index contributed by atoms with van der Waals surface area (Å²) in [4.78, 5) is 13.0. The van der Waals surface area contributed by atoms with Gasteiger partial charge in [-0.1, -0.05) is 64.4 Å². The zero-order valence-corrected chi connectivity index (χ0v) is 22.8. The third kappa shape index (κ3) is 7.44. The van der Waals surface area contributed by atoms with Crippen molar-refractivity contribution < 1.29 is 27.8 Å². The van der Waals surface area contributed by atoms with Gasteiger partial charge < -0.3 is 25.6 Å². The molecule has 2 aromatic carbocycles. The van der Waals surface area contributed by atoms with Crippen molar-refractivity contribution in [1.82, 2.24) is 9.62 Å². The minimum absolute atomic E-state index is 0.00280. The molecular formula is C27H39N3O6S. The molecule has 37 heavy (non-hydrogen) atoms. The number of sulfonamides is 1. The first-order valence-electron chi connectivity index (χ1n) is 12.7. The molecule has 0 fully saturated rings. The lowest BCUT2D eigenvalue weighted by molar-refractivity contribution is -0.125. The monoisotopic (exact) mass is 533 g/mol. The lowest BCUT2D eigenvalue weighted by Gasteiger charge is -2.31. The van der Waals surface area contributed by atoms with Crippen LogP contribution in [-0.4, -0.2) is 61.8 Å². The van der Waals surface area contributed by atoms with E-state index in [4.69, 9.17) is 15.2 Å². The average molecular weight is 534 g/mol. The Hall–Kier alpha value is -2.66. The summed E-state index contributed by atoms with van der Waals surface area (Å²) in [5.41, 5.74) is 7.05. The van der Waals surface area contributed by atoms with Gasteiger partial charge in [-0.15, -0.1) is 0 Å². The normalized spacial score (nSPS) is 16.4. The Kier molecular flexibility index (Phi) is 9.94. The molecule has 0 bridgehead atoms. The third-order valence-electron chi connectivity index (χ3n) is 6.59. The SMILES string of the molecule is CC[C@H](C)[C@H](N)C(=O)N[C@@H](Cc1ccccc1)[C@H](O)CN(CC(C)C)S(=O)(=O)c1ccc2c(c1)OCO2. The van der Waals surface area contributed by atoms with Gasteiger partial charge in [0.1, 0.15) is 0 Å². The van der Waals surface area contributed by atoms with Crippen LogP contribution in [0.2, 0.25) is 0 Å². The summed E-state index contributed by atoms with van der Waals surface area (Å²) in [5, 5.41) is 14.2. The van der Waals surface area contributed by atoms with Crippen molar-refractivity contribution in [2.45, 2.75) is 63.6 Å². The van der Waals surface area contributed by atoms with E-state index in [9.17, 15) is 18.3 Å². The summed E-state index contributed by atoms with van der Waals surface area (Å²) in [5.74, 6) is 0.427. The Labute approximate surface area is 220 Å². The van der Waals surface area contributed by atoms with Gasteiger partial charge in [-0.25, -0.2) is 8.42 Å². The first kappa shape index (κ1) is 28.9. The topological polar surface area (TPSA) is 131 Å². The molecule has 204 valence electrons. The number of carbonyl (C=O) groups excluding carboxylic acids is 1. The Bertz CT molecular complexity index is 1140. The van der Waals surface area contributed by atoms with Gasteiger partial charge in [-0.05, 0) is 36.0 Å². The number of rotatable bonds is 13. The summed E-state index contributed by atoms with van der Waals surface area (Å²) >= 11 is 0. The van der Waals surface area contributed by atoms with E-state index in [2.05, 4.69) is 5.32 Å². The highest BCUT2D eigenvalue weighted by Crippen LogP contribution is 2.34. The van der Waals surface area contributed by atoms with E-state index in [1.165, 1.54) is 16.4 Å². The lowest BCUT2D eigenvalue weighted by atomic mass is 9.97. The molecule has 9 nitrogen and oxygen atoms in total. The van der Waals surface area contributed by atoms with Gasteiger partial charge >= 0.3 is 0 Å². The molecule has 1 aliphatic heterocycles. The Morgan fingerprint density at radius 1 is 1.08 bits per heavy atom. The summed E-state index contributed by atoms with van der Waals surface area (Å²) in [7, 11) is -3.98. The molecule has 1 aliphatic rings. The Morgan fingerprint density at radius 2 is 1.76 bits per heavy atom. The summed E-state index contributed by atoms with van der Waals surface area (Å²) < 4.78 is 39.2. The summed E-state index contributed by atoms with van der Waals surface area (Å²) in [6.45, 7) is 7.68. The fourth-order valence-electron chi connectivity index (χ4n) is 4.14. The van der Waals surface area contributed by atoms with Crippen molar-refractivity contribution in [2.75, 3.05) is 19.9 Å². The Morgan fingerprint density at radius 3 is 2.41 bits per heavy atom. The predicted molar refractivity (Wildman–Crippen MR) is 142 cm³/mol. The van der Waals surface area contributed by atoms with Gasteiger partial charge in [-0.3, -0.25) is 4.79 Å². The van der Waals surface area contributed by atoms with Gasteiger partial charge in [0.25, 0.3) is 0 Å². The number of nitrogens with one attached hydrogen (secondary N) is 1. The molecule has 1 heterocycles. The van der Waals surface area contributed by atoms with Gasteiger partial charge in [0, 0.05) is 19.2 Å². The molecule has 0 saturated heterocycles. The predicted octanol–water partition coefficient (Wildman–Crippen LogP) is 2.52. The minimum Gasteiger partial charge on any atom is -0.454 e. The molecular weight excluding hydrogens is 494 g/mol. The van der Waals surface area contributed by atoms with E-state index in [0.717, 1.165) is 12.0 Å². The van der Waals surface area contributed by atoms with Crippen LogP contribution < -0.4 is 20.5 Å². The van der Waals surface area contributed by atoms with Crippen LogP contribution in [0.1, 0.15) is 39.7 Å². The van der Waals surface area contributed by atoms with Crippen LogP contribution in [0.25, 0.3) is 0 Å². The molecule has 0 unspecified atom stereocenters. The minimum atomic E-state index is -3.98. The van der Waals surface area contributed by atoms with Crippen LogP contribution in [0.4, 0.5) is 0 Å². The van der Waals surface area contributed by atoms with Crippen molar-refractivity contribution in [3.8, 4) is 11.5 Å². The number of aliphatic hydroxyl groups is 1. The number of amides is 1. The van der Waals surface area contributed by atoms with E-state index in [1.54, 1.807) is 6.07 Å². The molecule has 0 radical (unpaired) electrons. The second kappa shape index (κ2) is 12.7. The van der Waals surface area contributed by atoms with E-state index < -0.39 is 28.2 Å². The van der Waals surface area contributed by atoms with Crippen LogP contribution in [0, 0.1) is 11.8 Å². The molecule has 3 rings (SSSR count). The second-order valence-electron chi connectivity index (χ2n) is 10.0. The number of hydrogen-bond acceptors (Lipinski definition) is 7. The van der Waals surface area contributed by atoms with E-state index in [0.29, 0.717) is 17.9 Å². The summed E-state index contributed by atoms with van der Waals surface area (Å²) in [6.07, 6.45) is -0.132. The van der Waals surface area contributed by atoms with Crippen LogP contribution in [0.3, 0.4) is 0 Å². The fourth-order valence-corrected chi connectivity index (χ4v) is 5.78. The van der Waals surface area contributed by atoms with Gasteiger partial charge in [0.05, 0.1) is 23.1 Å². The molecule has 0 aromatic heterocycles. The number of nitrogens with zero attached hydrogens (tertiary/aromatic N) is 1. The largest absolute Gasteiger partial charge is 0.454 e. The van der Waals surface area contributed by atoms with E-state index >= 15 is 0 Å². The first-order valence-corrected chi connectivity index (χ1v) is 14.1. The van der Waals surface area contributed by atoms with Gasteiger partial charge in [-0.2, -0.15) is 4.31 Å². The van der Waals surface area contributed by atoms with Crippen molar-refractivity contribution in [3.63, 3.8) is 0 Å². The molecule has 0 aliphatic carbocycles. The van der Waals surface area contributed by atoms with Crippen LogP contribution >= 0.6 is 0 Å². The number of benzene rings is 2. The van der Waals surface area contributed by atoms with Crippen LogP contribution in [0.5, 0.6) is 11.5 Å². The number of fused-ring (bicyclic) bond motifs is 1. The molecule has 2 aromatic rings. The lowest BCUT2D eigenvalue weighted by Crippen LogP contribution is -2.55. The maximum atomic E-state index is 13.7. The van der Waals surface area contributed by atoms with Crippen molar-refractivity contribution >= 4 is 15.9 Å². The number of nitrogens with two attached hydrogens (primary N) is 1. The van der Waals surface area contributed by atoms with Gasteiger partial charge in [0.2, 0.25) is 22.7 Å². The highest BCUT2D eigenvalue weighted by atomic mass is 32.2. The van der Waals surface area contributed by atoms with E-state index in [1.807, 2.05) is 58.0 Å². The van der Waals surface area contributed by atoms with Crippen molar-refractivity contribution in [3.05, 3.63) is 54.1 Å². The number of hydrogen-bond donors (Lipinski definition) is 3. The molecule has 1 amide bonds. The number of carbonyl (C=O) groups is 1. The van der Waals surface area contributed by atoms with Crippen LogP contribution in [-0.2, 0) is 21.2 Å². The fraction of sp³-hybridized carbons (Fsp3) is 0.519. The van der Waals surface area contributed by atoms with Crippen LogP contribution in [0.15, 0.2) is 53.4 Å². The smallest absolute Gasteiger partial charge is 0.243 e. The quantitative estimate of drug-likeness (QED) is 0.361. The summed E-state index contributed by atoms with van der Waals surface area (Å²) in [6, 6.07) is 12.4. The standard InChI is InChI=1S/C27H39N3O6S/c1-5-19(4)26(28)27(32)29-22(13-20-9-7-6-8-10-20)23(31)16-30(15-18(2)3)37(33,34)21-11-12-24-25(14-21)36-17-35-24/h6-12,14,18-19,22-23,26,31H,5,13,15-17,28H2,1-4H3,(H,29,32)/t19-,22-,23+,26-/m0/s1. The maximum absolute atomic E-state index is 13.7. The van der Waals surface area contributed by atoms with Crippen molar-refractivity contribution in [2.24, 2.45) is 17.6 Å². The molecule has 4 atom stereocenters. The van der Waals surface area contributed by atoms with Crippen molar-refractivity contribution in [1.29, 1.82) is 0 Å². The first-order chi connectivity index (χ1) is 17.5. The number of aliphatic hydroxyl groups excluding tert-OH is 1. The molecule has 0 spiro atoms. The molecule has 10 heteroatoms. The highest BCUT2D eigenvalue weighted by molar-refractivity contribution is 7.89. The average Bonchev–Trinajstić information content (AvgIpc) is 3.35. The second-order valence-corrected chi connectivity index (χ2v) is 12.0. The number of ether oxygens (including phenoxy) is 2.